The summed E-state index contributed by atoms with van der Waals surface area (Å²) in [6, 6.07) is 2.54. The minimum absolute atomic E-state index is 0.00112. The molecule has 0 aliphatic carbocycles. The van der Waals surface area contributed by atoms with Crippen molar-refractivity contribution in [3.63, 3.8) is 0 Å². The highest BCUT2D eigenvalue weighted by atomic mass is 32.2. The van der Waals surface area contributed by atoms with Gasteiger partial charge in [0.25, 0.3) is 5.91 Å². The van der Waals surface area contributed by atoms with Crippen LogP contribution in [0.1, 0.15) is 16.0 Å². The highest BCUT2D eigenvalue weighted by Gasteiger charge is 2.37. The van der Waals surface area contributed by atoms with Crippen molar-refractivity contribution in [3.05, 3.63) is 50.6 Å². The number of alkyl halides is 6. The number of aliphatic carboxylic acids is 1. The van der Waals surface area contributed by atoms with Crippen LogP contribution in [0.15, 0.2) is 34.6 Å². The van der Waals surface area contributed by atoms with Crippen molar-refractivity contribution < 1.29 is 50.6 Å². The molecular formula is C22H15F6N3O5S3. The van der Waals surface area contributed by atoms with Crippen molar-refractivity contribution in [2.45, 2.75) is 12.4 Å². The molecule has 8 nitrogen and oxygen atoms in total. The number of halogens is 6. The van der Waals surface area contributed by atoms with Crippen LogP contribution in [0.5, 0.6) is 0 Å². The molecule has 0 radical (unpaired) electrons. The monoisotopic (exact) mass is 611 g/mol. The first-order chi connectivity index (χ1) is 18.0. The molecule has 0 bridgehead atoms. The number of amides is 3. The van der Waals surface area contributed by atoms with Gasteiger partial charge in [0.15, 0.2) is 0 Å². The van der Waals surface area contributed by atoms with Gasteiger partial charge >= 0.3 is 18.3 Å². The summed E-state index contributed by atoms with van der Waals surface area (Å²) in [6.07, 6.45) is -8.67. The van der Waals surface area contributed by atoms with Crippen LogP contribution in [-0.4, -0.2) is 57.7 Å². The van der Waals surface area contributed by atoms with Crippen molar-refractivity contribution >= 4 is 69.4 Å². The van der Waals surface area contributed by atoms with Gasteiger partial charge in [-0.3, -0.25) is 24.1 Å². The van der Waals surface area contributed by atoms with Crippen LogP contribution in [0.3, 0.4) is 0 Å². The average Bonchev–Trinajstić information content (AvgIpc) is 3.40. The van der Waals surface area contributed by atoms with Crippen LogP contribution in [0.4, 0.5) is 26.3 Å². The molecule has 1 aromatic carbocycles. The number of nitrogens with zero attached hydrogens (tertiary/aromatic N) is 1. The van der Waals surface area contributed by atoms with Gasteiger partial charge in [0.1, 0.15) is 17.4 Å². The van der Waals surface area contributed by atoms with E-state index in [2.05, 4.69) is 5.32 Å². The van der Waals surface area contributed by atoms with Crippen LogP contribution >= 0.6 is 35.3 Å². The maximum absolute atomic E-state index is 13.2. The number of carboxylic acid groups (broad SMARTS) is 1. The fraction of sp³-hybridized carbons (Fsp3) is 0.227. The third-order valence-corrected chi connectivity index (χ3v) is 7.13. The number of carboxylic acids is 1. The number of hydrogen-bond donors (Lipinski definition) is 3. The van der Waals surface area contributed by atoms with Crippen molar-refractivity contribution in [1.29, 1.82) is 0 Å². The second-order valence-electron chi connectivity index (χ2n) is 7.75. The lowest BCUT2D eigenvalue weighted by atomic mass is 10.0. The highest BCUT2D eigenvalue weighted by Crippen LogP contribution is 2.40. The Labute approximate surface area is 229 Å². The Bertz CT molecular complexity index is 1340. The van der Waals surface area contributed by atoms with Gasteiger partial charge in [-0.05, 0) is 46.8 Å². The topological polar surface area (TPSA) is 116 Å². The Morgan fingerprint density at radius 1 is 0.923 bits per heavy atom. The van der Waals surface area contributed by atoms with E-state index in [0.29, 0.717) is 17.0 Å². The molecule has 0 spiro atoms. The number of rotatable bonds is 8. The minimum atomic E-state index is -5.00. The highest BCUT2D eigenvalue weighted by molar-refractivity contribution is 8.26. The van der Waals surface area contributed by atoms with Gasteiger partial charge in [-0.2, -0.15) is 26.3 Å². The normalized spacial score (nSPS) is 15.1. The largest absolute Gasteiger partial charge is 0.480 e. The maximum Gasteiger partial charge on any atom is 0.416 e. The molecule has 0 unspecified atom stereocenters. The van der Waals surface area contributed by atoms with E-state index in [1.54, 1.807) is 0 Å². The lowest BCUT2D eigenvalue weighted by Crippen LogP contribution is -2.44. The van der Waals surface area contributed by atoms with Gasteiger partial charge in [-0.25, -0.2) is 0 Å². The SMILES string of the molecule is O=C(O)CNC(=O)CNC(=O)CN1C(=O)C(=Cc2cc(-c3cc(C(F)(F)F)cc(C(F)(F)F)c3)cs2)SC1=S. The van der Waals surface area contributed by atoms with Crippen molar-refractivity contribution in [1.82, 2.24) is 15.5 Å². The van der Waals surface area contributed by atoms with Gasteiger partial charge in [0.05, 0.1) is 22.6 Å². The molecule has 208 valence electrons. The number of hydrogen-bond acceptors (Lipinski definition) is 7. The predicted molar refractivity (Wildman–Crippen MR) is 133 cm³/mol. The summed E-state index contributed by atoms with van der Waals surface area (Å²) in [5, 5.41) is 14.1. The quantitative estimate of drug-likeness (QED) is 0.235. The molecule has 1 aliphatic heterocycles. The van der Waals surface area contributed by atoms with E-state index in [1.165, 1.54) is 17.5 Å². The zero-order valence-corrected chi connectivity index (χ0v) is 21.6. The van der Waals surface area contributed by atoms with Crippen LogP contribution in [0.2, 0.25) is 0 Å². The molecule has 2 aromatic rings. The van der Waals surface area contributed by atoms with Crippen LogP contribution in [-0.2, 0) is 31.5 Å². The minimum Gasteiger partial charge on any atom is -0.480 e. The fourth-order valence-corrected chi connectivity index (χ4v) is 5.25. The summed E-state index contributed by atoms with van der Waals surface area (Å²) in [5.74, 6) is -3.49. The summed E-state index contributed by atoms with van der Waals surface area (Å²) in [6.45, 7) is -1.73. The Morgan fingerprint density at radius 3 is 2.08 bits per heavy atom. The van der Waals surface area contributed by atoms with Gasteiger partial charge < -0.3 is 15.7 Å². The number of carbonyl (C=O) groups excluding carboxylic acids is 3. The van der Waals surface area contributed by atoms with Crippen molar-refractivity contribution in [2.75, 3.05) is 19.6 Å². The van der Waals surface area contributed by atoms with Crippen LogP contribution in [0.25, 0.3) is 17.2 Å². The molecule has 1 fully saturated rings. The Balaban J connectivity index is 1.73. The Morgan fingerprint density at radius 2 is 1.51 bits per heavy atom. The second-order valence-corrected chi connectivity index (χ2v) is 10.4. The van der Waals surface area contributed by atoms with E-state index in [9.17, 15) is 45.5 Å². The number of nitrogens with one attached hydrogen (secondary N) is 2. The molecule has 39 heavy (non-hydrogen) atoms. The standard InChI is InChI=1S/C22H15F6N3O5S3/c23-21(24,25)12-1-10(2-13(4-12)22(26,27)28)11-3-14(38-9-11)5-15-19(36)31(20(37)39-15)8-17(33)29-6-16(32)30-7-18(34)35/h1-5,9H,6-8H2,(H,29,33)(H,30,32)(H,34,35). The smallest absolute Gasteiger partial charge is 0.416 e. The molecule has 17 heteroatoms. The Kier molecular flexibility index (Phi) is 9.07. The summed E-state index contributed by atoms with van der Waals surface area (Å²) in [5.41, 5.74) is -3.17. The number of thiocarbonyl (C=S) groups is 1. The zero-order chi connectivity index (χ0) is 29.1. The second kappa shape index (κ2) is 11.7. The molecular weight excluding hydrogens is 596 g/mol. The molecule has 0 atom stereocenters. The first-order valence-corrected chi connectivity index (χ1v) is 12.5. The van der Waals surface area contributed by atoms with Gasteiger partial charge in [-0.1, -0.05) is 24.0 Å². The third-order valence-electron chi connectivity index (χ3n) is 4.87. The van der Waals surface area contributed by atoms with Crippen LogP contribution < -0.4 is 10.6 Å². The molecule has 0 saturated carbocycles. The van der Waals surface area contributed by atoms with E-state index in [0.717, 1.165) is 28.0 Å². The predicted octanol–water partition coefficient (Wildman–Crippen LogP) is 3.97. The molecule has 1 aromatic heterocycles. The molecule has 3 rings (SSSR count). The molecule has 1 aliphatic rings. The fourth-order valence-electron chi connectivity index (χ4n) is 3.08. The van der Waals surface area contributed by atoms with Crippen molar-refractivity contribution in [2.24, 2.45) is 0 Å². The van der Waals surface area contributed by atoms with E-state index >= 15 is 0 Å². The number of thioether (sulfide) groups is 1. The maximum atomic E-state index is 13.2. The Hall–Kier alpha value is -3.44. The molecule has 1 saturated heterocycles. The first-order valence-electron chi connectivity index (χ1n) is 10.4. The van der Waals surface area contributed by atoms with Crippen molar-refractivity contribution in [3.8, 4) is 11.1 Å². The number of benzene rings is 1. The summed E-state index contributed by atoms with van der Waals surface area (Å²) >= 11 is 6.90. The average molecular weight is 612 g/mol. The molecule has 3 N–H and O–H groups in total. The first kappa shape index (κ1) is 30.1. The lowest BCUT2D eigenvalue weighted by molar-refractivity contribution is -0.143. The van der Waals surface area contributed by atoms with Gasteiger partial charge in [0.2, 0.25) is 11.8 Å². The number of carbonyl (C=O) groups is 4. The van der Waals surface area contributed by atoms with E-state index < -0.39 is 66.8 Å². The summed E-state index contributed by atoms with van der Waals surface area (Å²) in [7, 11) is 0. The van der Waals surface area contributed by atoms with E-state index in [-0.39, 0.29) is 26.4 Å². The number of thiophene rings is 1. The molecule has 2 heterocycles. The molecule has 3 amide bonds. The lowest BCUT2D eigenvalue weighted by Gasteiger charge is -2.14. The van der Waals surface area contributed by atoms with Crippen LogP contribution in [0, 0.1) is 0 Å². The zero-order valence-electron chi connectivity index (χ0n) is 19.1. The van der Waals surface area contributed by atoms with Gasteiger partial charge in [0, 0.05) is 4.88 Å². The summed E-state index contributed by atoms with van der Waals surface area (Å²) < 4.78 is 79.1. The third kappa shape index (κ3) is 8.03. The summed E-state index contributed by atoms with van der Waals surface area (Å²) in [4.78, 5) is 48.1. The van der Waals surface area contributed by atoms with E-state index in [4.69, 9.17) is 17.3 Å². The van der Waals surface area contributed by atoms with E-state index in [1.807, 2.05) is 5.32 Å². The van der Waals surface area contributed by atoms with Gasteiger partial charge in [-0.15, -0.1) is 11.3 Å².